The SMILES string of the molecule is CC/C=C\C/C=C\C/C=C\CCCCCC(=O)OCC(COP(=O)(O)OCC(CO)OC(=O)CCCCCCC/C=C\C/C=C\CCCCC)OC(=O)CCCCCCCCCCCCCCCCCCCCC. The molecule has 0 heterocycles. The number of esters is 3. The van der Waals surface area contributed by atoms with E-state index in [4.69, 9.17) is 23.3 Å². The van der Waals surface area contributed by atoms with Crippen molar-refractivity contribution in [2.75, 3.05) is 26.4 Å². The highest BCUT2D eigenvalue weighted by Crippen LogP contribution is 2.43. The number of ether oxygens (including phenoxy) is 3. The molecule has 0 bridgehead atoms. The molecule has 0 aromatic carbocycles. The highest BCUT2D eigenvalue weighted by Gasteiger charge is 2.28. The summed E-state index contributed by atoms with van der Waals surface area (Å²) in [5.74, 6) is -1.50. The Balaban J connectivity index is 4.70. The van der Waals surface area contributed by atoms with Crippen LogP contribution in [0.4, 0.5) is 0 Å². The van der Waals surface area contributed by atoms with Crippen molar-refractivity contribution in [3.63, 3.8) is 0 Å². The molecule has 3 atom stereocenters. The van der Waals surface area contributed by atoms with Gasteiger partial charge in [0.05, 0.1) is 19.8 Å². The molecule has 0 saturated carbocycles. The van der Waals surface area contributed by atoms with E-state index < -0.39 is 57.8 Å². The van der Waals surface area contributed by atoms with E-state index in [9.17, 15) is 28.9 Å². The van der Waals surface area contributed by atoms with Gasteiger partial charge in [0.1, 0.15) is 12.7 Å². The zero-order valence-corrected chi connectivity index (χ0v) is 48.5. The van der Waals surface area contributed by atoms with Crippen LogP contribution in [0, 0.1) is 0 Å². The Morgan fingerprint density at radius 2 is 0.703 bits per heavy atom. The van der Waals surface area contributed by atoms with Crippen LogP contribution in [-0.4, -0.2) is 66.5 Å². The number of carbonyl (C=O) groups excluding carboxylic acids is 3. The third kappa shape index (κ3) is 54.0. The molecule has 0 aliphatic carbocycles. The van der Waals surface area contributed by atoms with Crippen molar-refractivity contribution < 1.29 is 52.2 Å². The van der Waals surface area contributed by atoms with Crippen LogP contribution in [0.3, 0.4) is 0 Å². The predicted molar refractivity (Wildman–Crippen MR) is 307 cm³/mol. The molecule has 0 fully saturated rings. The lowest BCUT2D eigenvalue weighted by Crippen LogP contribution is -2.30. The number of hydrogen-bond donors (Lipinski definition) is 2. The highest BCUT2D eigenvalue weighted by atomic mass is 31.2. The first-order valence-electron chi connectivity index (χ1n) is 30.2. The van der Waals surface area contributed by atoms with Crippen molar-refractivity contribution in [3.05, 3.63) is 60.8 Å². The molecule has 0 spiro atoms. The van der Waals surface area contributed by atoms with Gasteiger partial charge in [0.15, 0.2) is 6.10 Å². The molecule has 0 aliphatic heterocycles. The number of phosphoric ester groups is 1. The third-order valence-corrected chi connectivity index (χ3v) is 13.9. The Kier molecular flexibility index (Phi) is 54.2. The molecule has 0 amide bonds. The van der Waals surface area contributed by atoms with E-state index >= 15 is 0 Å². The smallest absolute Gasteiger partial charge is 0.462 e. The van der Waals surface area contributed by atoms with Crippen LogP contribution in [0.1, 0.15) is 278 Å². The summed E-state index contributed by atoms with van der Waals surface area (Å²) in [4.78, 5) is 48.6. The van der Waals surface area contributed by atoms with Crippen molar-refractivity contribution in [2.45, 2.75) is 290 Å². The number of carbonyl (C=O) groups is 3. The Hall–Kier alpha value is -2.82. The van der Waals surface area contributed by atoms with E-state index in [1.165, 1.54) is 116 Å². The van der Waals surface area contributed by atoms with Gasteiger partial charge >= 0.3 is 25.7 Å². The van der Waals surface area contributed by atoms with E-state index in [-0.39, 0.29) is 25.9 Å². The zero-order valence-electron chi connectivity index (χ0n) is 47.6. The van der Waals surface area contributed by atoms with Gasteiger partial charge in [-0.25, -0.2) is 4.57 Å². The topological polar surface area (TPSA) is 155 Å². The molecule has 0 saturated heterocycles. The molecule has 3 unspecified atom stereocenters. The lowest BCUT2D eigenvalue weighted by atomic mass is 10.0. The normalized spacial score (nSPS) is 13.7. The van der Waals surface area contributed by atoms with Crippen LogP contribution < -0.4 is 0 Å². The van der Waals surface area contributed by atoms with Gasteiger partial charge < -0.3 is 24.2 Å². The average Bonchev–Trinajstić information content (AvgIpc) is 3.39. The van der Waals surface area contributed by atoms with Gasteiger partial charge in [-0.2, -0.15) is 0 Å². The van der Waals surface area contributed by atoms with E-state index in [0.29, 0.717) is 19.3 Å². The van der Waals surface area contributed by atoms with Gasteiger partial charge in [-0.15, -0.1) is 0 Å². The maximum atomic E-state index is 12.9. The molecule has 12 heteroatoms. The minimum atomic E-state index is -4.76. The van der Waals surface area contributed by atoms with Crippen LogP contribution in [0.25, 0.3) is 0 Å². The van der Waals surface area contributed by atoms with Crippen LogP contribution in [-0.2, 0) is 42.2 Å². The molecule has 0 aromatic rings. The van der Waals surface area contributed by atoms with Crippen LogP contribution in [0.15, 0.2) is 60.8 Å². The summed E-state index contributed by atoms with van der Waals surface area (Å²) in [6.45, 7) is 4.49. The van der Waals surface area contributed by atoms with E-state index in [0.717, 1.165) is 103 Å². The van der Waals surface area contributed by atoms with Gasteiger partial charge in [-0.3, -0.25) is 23.4 Å². The van der Waals surface area contributed by atoms with Crippen LogP contribution in [0.2, 0.25) is 0 Å². The van der Waals surface area contributed by atoms with Crippen molar-refractivity contribution >= 4 is 25.7 Å². The Labute approximate surface area is 453 Å². The van der Waals surface area contributed by atoms with Gasteiger partial charge in [-0.05, 0) is 83.5 Å². The summed E-state index contributed by atoms with van der Waals surface area (Å²) < 4.78 is 39.5. The Morgan fingerprint density at radius 3 is 1.12 bits per heavy atom. The van der Waals surface area contributed by atoms with Crippen LogP contribution >= 0.6 is 7.82 Å². The van der Waals surface area contributed by atoms with Crippen molar-refractivity contribution in [3.8, 4) is 0 Å². The number of aliphatic hydroxyl groups excluding tert-OH is 1. The van der Waals surface area contributed by atoms with Crippen molar-refractivity contribution in [2.24, 2.45) is 0 Å². The molecule has 74 heavy (non-hydrogen) atoms. The second kappa shape index (κ2) is 56.4. The number of unbranched alkanes of at least 4 members (excludes halogenated alkanes) is 29. The van der Waals surface area contributed by atoms with Gasteiger partial charge in [0, 0.05) is 19.3 Å². The van der Waals surface area contributed by atoms with E-state index in [1.54, 1.807) is 0 Å². The Morgan fingerprint density at radius 1 is 0.392 bits per heavy atom. The minimum Gasteiger partial charge on any atom is -0.462 e. The van der Waals surface area contributed by atoms with Crippen LogP contribution in [0.5, 0.6) is 0 Å². The molecule has 11 nitrogen and oxygen atoms in total. The maximum Gasteiger partial charge on any atom is 0.472 e. The fourth-order valence-electron chi connectivity index (χ4n) is 8.34. The largest absolute Gasteiger partial charge is 0.472 e. The average molecular weight is 1060 g/mol. The molecule has 0 radical (unpaired) electrons. The number of aliphatic hydroxyl groups is 1. The number of hydrogen-bond acceptors (Lipinski definition) is 10. The van der Waals surface area contributed by atoms with Gasteiger partial charge in [0.25, 0.3) is 0 Å². The second-order valence-electron chi connectivity index (χ2n) is 20.1. The summed E-state index contributed by atoms with van der Waals surface area (Å²) >= 11 is 0. The highest BCUT2D eigenvalue weighted by molar-refractivity contribution is 7.47. The molecule has 0 aromatic heterocycles. The maximum absolute atomic E-state index is 12.9. The standard InChI is InChI=1S/C62H111O11P/c1-4-7-10-13-16-19-22-25-27-28-29-30-32-35-38-41-44-47-50-53-62(66)73-59(55-69-60(64)51-48-45-42-39-36-33-24-21-18-15-12-9-6-3)57-71-74(67,68)70-56-58(54-63)72-61(65)52-49-46-43-40-37-34-31-26-23-20-17-14-11-8-5-2/h9,12,17-18,20-21,26,31,33,36,58-59,63H,4-8,10-11,13-16,19,22-25,27-30,32,34-35,37-57H2,1-3H3,(H,67,68)/b12-9-,20-17-,21-18-,31-26-,36-33-. The summed E-state index contributed by atoms with van der Waals surface area (Å²) in [5, 5.41) is 9.82. The number of rotatable bonds is 56. The third-order valence-electron chi connectivity index (χ3n) is 12.9. The molecule has 0 aliphatic rings. The first kappa shape index (κ1) is 71.2. The first-order chi connectivity index (χ1) is 36.2. The predicted octanol–water partition coefficient (Wildman–Crippen LogP) is 17.9. The van der Waals surface area contributed by atoms with Gasteiger partial charge in [-0.1, -0.05) is 236 Å². The molecular formula is C62H111O11P. The number of phosphoric acid groups is 1. The van der Waals surface area contributed by atoms with Crippen molar-refractivity contribution in [1.29, 1.82) is 0 Å². The molecular weight excluding hydrogens is 952 g/mol. The lowest BCUT2D eigenvalue weighted by Gasteiger charge is -2.21. The summed E-state index contributed by atoms with van der Waals surface area (Å²) in [6.07, 6.45) is 61.8. The summed E-state index contributed by atoms with van der Waals surface area (Å²) in [5.41, 5.74) is 0. The summed E-state index contributed by atoms with van der Waals surface area (Å²) in [7, 11) is -4.76. The van der Waals surface area contributed by atoms with E-state index in [1.807, 2.05) is 0 Å². The first-order valence-corrected chi connectivity index (χ1v) is 31.7. The fraction of sp³-hybridized carbons (Fsp3) is 0.790. The summed E-state index contributed by atoms with van der Waals surface area (Å²) in [6, 6.07) is 0. The van der Waals surface area contributed by atoms with Crippen molar-refractivity contribution in [1.82, 2.24) is 0 Å². The minimum absolute atomic E-state index is 0.159. The Bertz CT molecular complexity index is 1470. The van der Waals surface area contributed by atoms with E-state index in [2.05, 4.69) is 81.5 Å². The molecule has 430 valence electrons. The zero-order chi connectivity index (χ0) is 54.1. The second-order valence-corrected chi connectivity index (χ2v) is 21.6. The van der Waals surface area contributed by atoms with Gasteiger partial charge in [0.2, 0.25) is 0 Å². The fourth-order valence-corrected chi connectivity index (χ4v) is 9.13. The molecule has 2 N–H and O–H groups in total. The number of allylic oxidation sites excluding steroid dienone is 10. The lowest BCUT2D eigenvalue weighted by molar-refractivity contribution is -0.161. The molecule has 0 rings (SSSR count). The quantitative estimate of drug-likeness (QED) is 0.0197. The monoisotopic (exact) mass is 1060 g/mol.